The van der Waals surface area contributed by atoms with Crippen molar-refractivity contribution in [3.63, 3.8) is 0 Å². The highest BCUT2D eigenvalue weighted by molar-refractivity contribution is 8.00. The van der Waals surface area contributed by atoms with Gasteiger partial charge in [0.1, 0.15) is 11.5 Å². The molecular formula is C20H24N2O3S. The Kier molecular flexibility index (Phi) is 6.28. The Morgan fingerprint density at radius 3 is 1.96 bits per heavy atom. The van der Waals surface area contributed by atoms with E-state index in [9.17, 15) is 4.79 Å². The second kappa shape index (κ2) is 8.85. The number of ether oxygens (including phenoxy) is 2. The minimum absolute atomic E-state index is 0.195. The molecule has 0 bridgehead atoms. The summed E-state index contributed by atoms with van der Waals surface area (Å²) in [7, 11) is 3.32. The number of anilines is 1. The summed E-state index contributed by atoms with van der Waals surface area (Å²) < 4.78 is 10.4. The van der Waals surface area contributed by atoms with E-state index in [0.29, 0.717) is 5.75 Å². The van der Waals surface area contributed by atoms with Crippen LogP contribution in [0, 0.1) is 0 Å². The Balaban J connectivity index is 1.46. The zero-order valence-electron chi connectivity index (χ0n) is 15.2. The highest BCUT2D eigenvalue weighted by atomic mass is 32.2. The quantitative estimate of drug-likeness (QED) is 0.729. The number of amides is 1. The van der Waals surface area contributed by atoms with E-state index < -0.39 is 0 Å². The molecule has 1 aliphatic rings. The van der Waals surface area contributed by atoms with E-state index in [-0.39, 0.29) is 5.91 Å². The molecule has 2 aromatic rings. The van der Waals surface area contributed by atoms with Gasteiger partial charge in [0.05, 0.1) is 20.0 Å². The summed E-state index contributed by atoms with van der Waals surface area (Å²) in [6, 6.07) is 15.9. The Bertz CT molecular complexity index is 711. The van der Waals surface area contributed by atoms with Crippen LogP contribution in [0.4, 0.5) is 5.69 Å². The van der Waals surface area contributed by atoms with Gasteiger partial charge in [-0.1, -0.05) is 0 Å². The zero-order valence-corrected chi connectivity index (χ0v) is 16.0. The third-order valence-corrected chi connectivity index (χ3v) is 5.49. The van der Waals surface area contributed by atoms with Crippen molar-refractivity contribution in [3.05, 3.63) is 48.5 Å². The predicted octanol–water partition coefficient (Wildman–Crippen LogP) is 3.14. The van der Waals surface area contributed by atoms with Gasteiger partial charge in [0.2, 0.25) is 5.91 Å². The van der Waals surface area contributed by atoms with Crippen LogP contribution in [0.5, 0.6) is 11.5 Å². The fraction of sp³-hybridized carbons (Fsp3) is 0.350. The van der Waals surface area contributed by atoms with Gasteiger partial charge < -0.3 is 19.3 Å². The largest absolute Gasteiger partial charge is 0.497 e. The lowest BCUT2D eigenvalue weighted by atomic mass is 10.2. The second-order valence-electron chi connectivity index (χ2n) is 6.03. The first-order valence-electron chi connectivity index (χ1n) is 8.63. The molecule has 138 valence electrons. The molecule has 1 saturated heterocycles. The van der Waals surface area contributed by atoms with Gasteiger partial charge >= 0.3 is 0 Å². The zero-order chi connectivity index (χ0) is 18.4. The third kappa shape index (κ3) is 4.64. The molecule has 1 amide bonds. The summed E-state index contributed by atoms with van der Waals surface area (Å²) in [4.78, 5) is 17.8. The topological polar surface area (TPSA) is 42.0 Å². The molecular weight excluding hydrogens is 348 g/mol. The molecule has 2 aromatic carbocycles. The molecule has 3 rings (SSSR count). The Hall–Kier alpha value is -2.34. The smallest absolute Gasteiger partial charge is 0.233 e. The van der Waals surface area contributed by atoms with Crippen molar-refractivity contribution in [3.8, 4) is 11.5 Å². The fourth-order valence-corrected chi connectivity index (χ4v) is 3.72. The van der Waals surface area contributed by atoms with Gasteiger partial charge in [-0.05, 0) is 48.5 Å². The van der Waals surface area contributed by atoms with E-state index in [0.717, 1.165) is 42.6 Å². The average molecular weight is 372 g/mol. The average Bonchev–Trinajstić information content (AvgIpc) is 2.72. The standard InChI is InChI=1S/C20H24N2O3S/c1-24-17-5-3-16(4-6-17)21-11-13-22(14-12-21)20(23)15-26-19-9-7-18(25-2)8-10-19/h3-10H,11-15H2,1-2H3. The van der Waals surface area contributed by atoms with Crippen LogP contribution in [0.2, 0.25) is 0 Å². The Morgan fingerprint density at radius 1 is 0.885 bits per heavy atom. The van der Waals surface area contributed by atoms with Gasteiger partial charge in [0.15, 0.2) is 0 Å². The van der Waals surface area contributed by atoms with Crippen LogP contribution in [0.15, 0.2) is 53.4 Å². The molecule has 6 heteroatoms. The van der Waals surface area contributed by atoms with Crippen LogP contribution < -0.4 is 14.4 Å². The van der Waals surface area contributed by atoms with Crippen LogP contribution in [-0.2, 0) is 4.79 Å². The van der Waals surface area contributed by atoms with Crippen molar-refractivity contribution in [2.75, 3.05) is 51.1 Å². The van der Waals surface area contributed by atoms with Crippen molar-refractivity contribution < 1.29 is 14.3 Å². The first-order valence-corrected chi connectivity index (χ1v) is 9.62. The molecule has 0 aromatic heterocycles. The van der Waals surface area contributed by atoms with Gasteiger partial charge in [-0.25, -0.2) is 0 Å². The van der Waals surface area contributed by atoms with Gasteiger partial charge in [-0.2, -0.15) is 0 Å². The van der Waals surface area contributed by atoms with Crippen molar-refractivity contribution in [1.82, 2.24) is 4.90 Å². The molecule has 0 unspecified atom stereocenters. The number of hydrogen-bond donors (Lipinski definition) is 0. The molecule has 1 aliphatic heterocycles. The summed E-state index contributed by atoms with van der Waals surface area (Å²) in [5.74, 6) is 2.35. The number of carbonyl (C=O) groups excluding carboxylic acids is 1. The normalized spacial score (nSPS) is 14.2. The number of thioether (sulfide) groups is 1. The number of carbonyl (C=O) groups is 1. The van der Waals surface area contributed by atoms with Gasteiger partial charge in [0.25, 0.3) is 0 Å². The second-order valence-corrected chi connectivity index (χ2v) is 7.08. The van der Waals surface area contributed by atoms with E-state index >= 15 is 0 Å². The van der Waals surface area contributed by atoms with Crippen molar-refractivity contribution in [1.29, 1.82) is 0 Å². The molecule has 0 atom stereocenters. The predicted molar refractivity (Wildman–Crippen MR) is 106 cm³/mol. The van der Waals surface area contributed by atoms with Crippen LogP contribution in [0.3, 0.4) is 0 Å². The summed E-state index contributed by atoms with van der Waals surface area (Å²) in [6.07, 6.45) is 0. The van der Waals surface area contributed by atoms with Gasteiger partial charge in [-0.15, -0.1) is 11.8 Å². The molecule has 1 heterocycles. The van der Waals surface area contributed by atoms with E-state index in [1.807, 2.05) is 41.3 Å². The SMILES string of the molecule is COc1ccc(SCC(=O)N2CCN(c3ccc(OC)cc3)CC2)cc1. The molecule has 26 heavy (non-hydrogen) atoms. The number of rotatable bonds is 6. The lowest BCUT2D eigenvalue weighted by Crippen LogP contribution is -2.49. The Morgan fingerprint density at radius 2 is 1.42 bits per heavy atom. The maximum atomic E-state index is 12.5. The monoisotopic (exact) mass is 372 g/mol. The summed E-state index contributed by atoms with van der Waals surface area (Å²) in [5, 5.41) is 0. The van der Waals surface area contributed by atoms with Crippen molar-refractivity contribution in [2.45, 2.75) is 4.90 Å². The molecule has 0 aliphatic carbocycles. The summed E-state index contributed by atoms with van der Waals surface area (Å²) in [5.41, 5.74) is 1.17. The van der Waals surface area contributed by atoms with Crippen LogP contribution >= 0.6 is 11.8 Å². The third-order valence-electron chi connectivity index (χ3n) is 4.49. The van der Waals surface area contributed by atoms with Crippen LogP contribution in [0.1, 0.15) is 0 Å². The van der Waals surface area contributed by atoms with E-state index in [4.69, 9.17) is 9.47 Å². The molecule has 0 spiro atoms. The number of hydrogen-bond acceptors (Lipinski definition) is 5. The maximum Gasteiger partial charge on any atom is 0.233 e. The van der Waals surface area contributed by atoms with Gasteiger partial charge in [-0.3, -0.25) is 4.79 Å². The molecule has 5 nitrogen and oxygen atoms in total. The first kappa shape index (κ1) is 18.5. The van der Waals surface area contributed by atoms with E-state index in [2.05, 4.69) is 17.0 Å². The highest BCUT2D eigenvalue weighted by Crippen LogP contribution is 2.23. The first-order chi connectivity index (χ1) is 12.7. The summed E-state index contributed by atoms with van der Waals surface area (Å²) in [6.45, 7) is 3.22. The van der Waals surface area contributed by atoms with E-state index in [1.54, 1.807) is 26.0 Å². The van der Waals surface area contributed by atoms with Crippen LogP contribution in [0.25, 0.3) is 0 Å². The number of nitrogens with zero attached hydrogens (tertiary/aromatic N) is 2. The van der Waals surface area contributed by atoms with Crippen molar-refractivity contribution in [2.24, 2.45) is 0 Å². The maximum absolute atomic E-state index is 12.5. The highest BCUT2D eigenvalue weighted by Gasteiger charge is 2.21. The minimum Gasteiger partial charge on any atom is -0.497 e. The van der Waals surface area contributed by atoms with Crippen LogP contribution in [-0.4, -0.2) is 57.0 Å². The number of piperazine rings is 1. The molecule has 0 radical (unpaired) electrons. The number of methoxy groups -OCH3 is 2. The van der Waals surface area contributed by atoms with Crippen molar-refractivity contribution >= 4 is 23.4 Å². The lowest BCUT2D eigenvalue weighted by molar-refractivity contribution is -0.128. The minimum atomic E-state index is 0.195. The molecule has 1 fully saturated rings. The Labute approximate surface area is 158 Å². The fourth-order valence-electron chi connectivity index (χ4n) is 2.92. The summed E-state index contributed by atoms with van der Waals surface area (Å²) >= 11 is 1.57. The lowest BCUT2D eigenvalue weighted by Gasteiger charge is -2.36. The molecule has 0 saturated carbocycles. The van der Waals surface area contributed by atoms with E-state index in [1.165, 1.54) is 5.69 Å². The molecule has 0 N–H and O–H groups in total. The van der Waals surface area contributed by atoms with Gasteiger partial charge in [0, 0.05) is 36.8 Å². The number of benzene rings is 2.